The molecule has 0 aliphatic rings. The van der Waals surface area contributed by atoms with Crippen LogP contribution in [0.15, 0.2) is 24.8 Å². The molecule has 1 aromatic rings. The Balaban J connectivity index is 2.87. The largest absolute Gasteiger partial charge is 0.435 e. The van der Waals surface area contributed by atoms with Crippen molar-refractivity contribution in [2.24, 2.45) is 0 Å². The second-order valence-electron chi connectivity index (χ2n) is 3.60. The van der Waals surface area contributed by atoms with Crippen LogP contribution in [-0.2, 0) is 6.42 Å². The maximum atomic E-state index is 12.1. The first-order valence-electron chi connectivity index (χ1n) is 5.37. The number of aryl methyl sites for hydroxylation is 1. The van der Waals surface area contributed by atoms with Gasteiger partial charge in [0.2, 0.25) is 0 Å². The van der Waals surface area contributed by atoms with Crippen LogP contribution in [0.1, 0.15) is 30.9 Å². The van der Waals surface area contributed by atoms with E-state index < -0.39 is 6.61 Å². The molecule has 16 heavy (non-hydrogen) atoms. The zero-order chi connectivity index (χ0) is 12.0. The van der Waals surface area contributed by atoms with Crippen LogP contribution >= 0.6 is 0 Å². The van der Waals surface area contributed by atoms with E-state index in [1.165, 1.54) is 0 Å². The highest BCUT2D eigenvalue weighted by Crippen LogP contribution is 2.21. The highest BCUT2D eigenvalue weighted by Gasteiger charge is 2.06. The maximum absolute atomic E-state index is 12.1. The van der Waals surface area contributed by atoms with E-state index in [9.17, 15) is 8.78 Å². The third kappa shape index (κ3) is 4.01. The number of hydrogen-bond donors (Lipinski definition) is 0. The topological polar surface area (TPSA) is 9.23 Å². The lowest BCUT2D eigenvalue weighted by Crippen LogP contribution is -2.02. The molecule has 0 saturated heterocycles. The fraction of sp³-hybridized carbons (Fsp3) is 0.385. The van der Waals surface area contributed by atoms with Gasteiger partial charge in [-0.25, -0.2) is 0 Å². The van der Waals surface area contributed by atoms with Crippen LogP contribution in [0.4, 0.5) is 8.78 Å². The van der Waals surface area contributed by atoms with Gasteiger partial charge in [0.05, 0.1) is 0 Å². The van der Waals surface area contributed by atoms with Gasteiger partial charge in [-0.15, -0.1) is 0 Å². The Hall–Kier alpha value is -1.38. The van der Waals surface area contributed by atoms with Crippen LogP contribution in [0.25, 0.3) is 6.08 Å². The molecule has 1 aromatic carbocycles. The molecule has 0 aliphatic heterocycles. The third-order valence-corrected chi connectivity index (χ3v) is 2.27. The lowest BCUT2D eigenvalue weighted by molar-refractivity contribution is -0.0498. The first kappa shape index (κ1) is 12.7. The molecule has 0 aliphatic carbocycles. The van der Waals surface area contributed by atoms with E-state index in [1.807, 2.05) is 6.07 Å². The average Bonchev–Trinajstić information content (AvgIpc) is 2.25. The molecule has 0 unspecified atom stereocenters. The monoisotopic (exact) mass is 226 g/mol. The van der Waals surface area contributed by atoms with E-state index >= 15 is 0 Å². The predicted octanol–water partition coefficient (Wildman–Crippen LogP) is 4.27. The van der Waals surface area contributed by atoms with Crippen molar-refractivity contribution in [2.45, 2.75) is 32.8 Å². The molecule has 0 N–H and O–H groups in total. The zero-order valence-electron chi connectivity index (χ0n) is 9.38. The summed E-state index contributed by atoms with van der Waals surface area (Å²) in [7, 11) is 0. The second kappa shape index (κ2) is 6.26. The molecule has 1 nitrogen and oxygen atoms in total. The van der Waals surface area contributed by atoms with Crippen molar-refractivity contribution in [3.05, 3.63) is 35.9 Å². The van der Waals surface area contributed by atoms with Gasteiger partial charge in [-0.3, -0.25) is 0 Å². The minimum Gasteiger partial charge on any atom is -0.435 e. The normalized spacial score (nSPS) is 10.5. The van der Waals surface area contributed by atoms with Crippen molar-refractivity contribution in [1.29, 1.82) is 0 Å². The summed E-state index contributed by atoms with van der Waals surface area (Å²) in [5, 5.41) is 0. The Bertz CT molecular complexity index is 348. The number of ether oxygens (including phenoxy) is 1. The molecule has 1 rings (SSSR count). The van der Waals surface area contributed by atoms with Crippen molar-refractivity contribution in [1.82, 2.24) is 0 Å². The fourth-order valence-corrected chi connectivity index (χ4v) is 1.50. The molecule has 88 valence electrons. The number of halogens is 2. The van der Waals surface area contributed by atoms with Crippen LogP contribution in [-0.4, -0.2) is 6.61 Å². The summed E-state index contributed by atoms with van der Waals surface area (Å²) in [6, 6.07) is 5.17. The van der Waals surface area contributed by atoms with Gasteiger partial charge in [-0.05, 0) is 36.1 Å². The number of rotatable bonds is 6. The predicted molar refractivity (Wildman–Crippen MR) is 61.8 cm³/mol. The number of benzene rings is 1. The zero-order valence-corrected chi connectivity index (χ0v) is 9.38. The van der Waals surface area contributed by atoms with E-state index in [-0.39, 0.29) is 5.75 Å². The molecule has 0 spiro atoms. The molecule has 0 heterocycles. The van der Waals surface area contributed by atoms with Crippen molar-refractivity contribution in [3.63, 3.8) is 0 Å². The van der Waals surface area contributed by atoms with Crippen LogP contribution in [0.3, 0.4) is 0 Å². The molecular weight excluding hydrogens is 210 g/mol. The van der Waals surface area contributed by atoms with E-state index in [4.69, 9.17) is 0 Å². The van der Waals surface area contributed by atoms with E-state index in [1.54, 1.807) is 18.2 Å². The van der Waals surface area contributed by atoms with E-state index in [0.717, 1.165) is 30.4 Å². The molecule has 0 fully saturated rings. The molecule has 3 heteroatoms. The number of hydrogen-bond acceptors (Lipinski definition) is 1. The van der Waals surface area contributed by atoms with Gasteiger partial charge in [-0.2, -0.15) is 8.78 Å². The van der Waals surface area contributed by atoms with Gasteiger partial charge in [-0.1, -0.05) is 32.1 Å². The Kier molecular flexibility index (Phi) is 4.96. The highest BCUT2D eigenvalue weighted by atomic mass is 19.3. The van der Waals surface area contributed by atoms with Crippen molar-refractivity contribution < 1.29 is 13.5 Å². The van der Waals surface area contributed by atoms with E-state index in [2.05, 4.69) is 18.2 Å². The van der Waals surface area contributed by atoms with Crippen LogP contribution in [0, 0.1) is 0 Å². The quantitative estimate of drug-likeness (QED) is 0.703. The Morgan fingerprint density at radius 1 is 1.38 bits per heavy atom. The third-order valence-electron chi connectivity index (χ3n) is 2.27. The van der Waals surface area contributed by atoms with Crippen molar-refractivity contribution >= 4 is 6.08 Å². The van der Waals surface area contributed by atoms with Gasteiger partial charge < -0.3 is 4.74 Å². The lowest BCUT2D eigenvalue weighted by Gasteiger charge is -2.08. The van der Waals surface area contributed by atoms with Crippen LogP contribution < -0.4 is 4.74 Å². The fourth-order valence-electron chi connectivity index (χ4n) is 1.50. The summed E-state index contributed by atoms with van der Waals surface area (Å²) in [6.07, 6.45) is 4.61. The summed E-state index contributed by atoms with van der Waals surface area (Å²) in [5.74, 6) is 0.207. The van der Waals surface area contributed by atoms with Gasteiger partial charge in [0.1, 0.15) is 5.75 Å². The van der Waals surface area contributed by atoms with E-state index in [0.29, 0.717) is 0 Å². The first-order valence-corrected chi connectivity index (χ1v) is 5.37. The summed E-state index contributed by atoms with van der Waals surface area (Å²) >= 11 is 0. The Labute approximate surface area is 94.7 Å². The molecule has 0 radical (unpaired) electrons. The first-order chi connectivity index (χ1) is 7.65. The second-order valence-corrected chi connectivity index (χ2v) is 3.60. The molecule has 0 amide bonds. The summed E-state index contributed by atoms with van der Waals surface area (Å²) in [5.41, 5.74) is 1.82. The van der Waals surface area contributed by atoms with Crippen molar-refractivity contribution in [2.75, 3.05) is 0 Å². The van der Waals surface area contributed by atoms with Crippen LogP contribution in [0.5, 0.6) is 5.75 Å². The minimum absolute atomic E-state index is 0.207. The summed E-state index contributed by atoms with van der Waals surface area (Å²) in [4.78, 5) is 0. The number of unbranched alkanes of at least 4 members (excludes halogenated alkanes) is 1. The molecule has 0 aromatic heterocycles. The highest BCUT2D eigenvalue weighted by molar-refractivity contribution is 5.51. The minimum atomic E-state index is -2.78. The molecule has 0 bridgehead atoms. The van der Waals surface area contributed by atoms with Gasteiger partial charge in [0.15, 0.2) is 0 Å². The van der Waals surface area contributed by atoms with Gasteiger partial charge in [0, 0.05) is 0 Å². The smallest absolute Gasteiger partial charge is 0.387 e. The Morgan fingerprint density at radius 3 is 2.69 bits per heavy atom. The summed E-state index contributed by atoms with van der Waals surface area (Å²) < 4.78 is 28.6. The molecule has 0 atom stereocenters. The molecule has 0 saturated carbocycles. The van der Waals surface area contributed by atoms with Gasteiger partial charge >= 0.3 is 6.61 Å². The average molecular weight is 226 g/mol. The summed E-state index contributed by atoms with van der Waals surface area (Å²) in [6.45, 7) is 2.94. The van der Waals surface area contributed by atoms with Crippen molar-refractivity contribution in [3.8, 4) is 5.75 Å². The maximum Gasteiger partial charge on any atom is 0.387 e. The van der Waals surface area contributed by atoms with Gasteiger partial charge in [0.25, 0.3) is 0 Å². The standard InChI is InChI=1S/C13H16F2O/c1-3-5-6-11-7-10(4-2)8-12(9-11)16-13(14)15/h4,7-9,13H,2-3,5-6H2,1H3. The van der Waals surface area contributed by atoms with Crippen LogP contribution in [0.2, 0.25) is 0 Å². The Morgan fingerprint density at radius 2 is 2.12 bits per heavy atom. The SMILES string of the molecule is C=Cc1cc(CCCC)cc(OC(F)F)c1. The lowest BCUT2D eigenvalue weighted by atomic mass is 10.0. The number of alkyl halides is 2. The molecular formula is C13H16F2O.